The van der Waals surface area contributed by atoms with Crippen LogP contribution in [0.3, 0.4) is 0 Å². The number of esters is 1. The largest absolute Gasteiger partial charge is 0.462 e. The van der Waals surface area contributed by atoms with E-state index in [-0.39, 0.29) is 46.2 Å². The minimum Gasteiger partial charge on any atom is -0.462 e. The van der Waals surface area contributed by atoms with Crippen molar-refractivity contribution in [3.05, 3.63) is 63.9 Å². The molecular formula is C24H25F3N4O3. The number of alkyl halides is 3. The number of rotatable bonds is 5. The molecule has 1 heterocycles. The van der Waals surface area contributed by atoms with Gasteiger partial charge in [0.25, 0.3) is 5.91 Å². The molecule has 1 N–H and O–H groups in total. The maximum Gasteiger partial charge on any atom is 0.416 e. The molecule has 2 aromatic rings. The monoisotopic (exact) mass is 474 g/mol. The van der Waals surface area contributed by atoms with Crippen LogP contribution in [0, 0.1) is 30.6 Å². The quantitative estimate of drug-likeness (QED) is 0.483. The van der Waals surface area contributed by atoms with Gasteiger partial charge >= 0.3 is 12.1 Å². The van der Waals surface area contributed by atoms with Crippen molar-refractivity contribution in [1.29, 1.82) is 5.26 Å². The Morgan fingerprint density at radius 1 is 1.15 bits per heavy atom. The SMILES string of the molecule is CCOC(=O)c1c(C)nc(C)nc1C(=O)N/C(=C(/C#N)c1cccc(C(F)(F)F)c1)C(C)(C)C. The van der Waals surface area contributed by atoms with Gasteiger partial charge < -0.3 is 10.1 Å². The van der Waals surface area contributed by atoms with E-state index in [1.54, 1.807) is 34.6 Å². The second kappa shape index (κ2) is 10.0. The molecule has 0 saturated heterocycles. The number of hydrogen-bond acceptors (Lipinski definition) is 6. The third-order valence-electron chi connectivity index (χ3n) is 4.73. The van der Waals surface area contributed by atoms with Crippen molar-refractivity contribution in [1.82, 2.24) is 15.3 Å². The Hall–Kier alpha value is -3.74. The molecule has 0 unspecified atom stereocenters. The van der Waals surface area contributed by atoms with Gasteiger partial charge in [0.05, 0.1) is 23.4 Å². The molecule has 0 aliphatic heterocycles. The number of carbonyl (C=O) groups is 2. The maximum absolute atomic E-state index is 13.3. The number of carbonyl (C=O) groups excluding carboxylic acids is 2. The molecule has 0 aliphatic rings. The van der Waals surface area contributed by atoms with E-state index < -0.39 is 29.0 Å². The van der Waals surface area contributed by atoms with Crippen LogP contribution in [0.25, 0.3) is 5.57 Å². The average molecular weight is 474 g/mol. The zero-order valence-corrected chi connectivity index (χ0v) is 19.7. The number of hydrogen-bond donors (Lipinski definition) is 1. The van der Waals surface area contributed by atoms with Crippen molar-refractivity contribution in [3.8, 4) is 6.07 Å². The molecule has 0 fully saturated rings. The molecule has 180 valence electrons. The van der Waals surface area contributed by atoms with Gasteiger partial charge in [-0.1, -0.05) is 32.9 Å². The molecule has 0 bridgehead atoms. The molecule has 1 aromatic heterocycles. The lowest BCUT2D eigenvalue weighted by atomic mass is 9.86. The Balaban J connectivity index is 2.68. The topological polar surface area (TPSA) is 105 Å². The minimum absolute atomic E-state index is 0.0109. The van der Waals surface area contributed by atoms with Crippen LogP contribution >= 0.6 is 0 Å². The highest BCUT2D eigenvalue weighted by Gasteiger charge is 2.32. The van der Waals surface area contributed by atoms with Gasteiger partial charge in [-0.15, -0.1) is 0 Å². The van der Waals surface area contributed by atoms with Gasteiger partial charge in [0.2, 0.25) is 0 Å². The number of nitrogens with one attached hydrogen (secondary N) is 1. The van der Waals surface area contributed by atoms with Crippen molar-refractivity contribution in [2.45, 2.75) is 47.7 Å². The lowest BCUT2D eigenvalue weighted by Gasteiger charge is -2.26. The molecule has 0 spiro atoms. The number of halogens is 3. The van der Waals surface area contributed by atoms with Crippen LogP contribution < -0.4 is 5.32 Å². The molecule has 0 atom stereocenters. The number of benzene rings is 1. The van der Waals surface area contributed by atoms with Crippen molar-refractivity contribution < 1.29 is 27.5 Å². The Morgan fingerprint density at radius 2 is 1.79 bits per heavy atom. The lowest BCUT2D eigenvalue weighted by molar-refractivity contribution is -0.137. The normalized spacial score (nSPS) is 12.5. The van der Waals surface area contributed by atoms with E-state index in [9.17, 15) is 28.0 Å². The van der Waals surface area contributed by atoms with Gasteiger partial charge in [0, 0.05) is 11.1 Å². The van der Waals surface area contributed by atoms with Crippen LogP contribution in [-0.4, -0.2) is 28.5 Å². The predicted molar refractivity (Wildman–Crippen MR) is 118 cm³/mol. The summed E-state index contributed by atoms with van der Waals surface area (Å²) in [6.07, 6.45) is -4.60. The van der Waals surface area contributed by atoms with Crippen LogP contribution in [0.15, 0.2) is 30.0 Å². The molecule has 0 radical (unpaired) electrons. The number of amides is 1. The molecule has 0 aliphatic carbocycles. The Labute approximate surface area is 195 Å². The van der Waals surface area contributed by atoms with E-state index in [0.29, 0.717) is 0 Å². The van der Waals surface area contributed by atoms with Crippen molar-refractivity contribution in [3.63, 3.8) is 0 Å². The van der Waals surface area contributed by atoms with Crippen LogP contribution in [-0.2, 0) is 10.9 Å². The number of nitriles is 1. The first kappa shape index (κ1) is 26.5. The fraction of sp³-hybridized carbons (Fsp3) is 0.375. The number of allylic oxidation sites excluding steroid dienone is 2. The zero-order chi connectivity index (χ0) is 25.8. The number of nitrogens with zero attached hydrogens (tertiary/aromatic N) is 3. The highest BCUT2D eigenvalue weighted by atomic mass is 19.4. The standard InChI is InChI=1S/C24H25F3N4O3/c1-7-34-22(33)18-13(2)29-14(3)30-19(18)21(32)31-20(23(4,5)6)17(12-28)15-9-8-10-16(11-15)24(25,26)27/h8-11H,7H2,1-6H3,(H,31,32)/b20-17-. The predicted octanol–water partition coefficient (Wildman–Crippen LogP) is 5.00. The van der Waals surface area contributed by atoms with E-state index in [1.165, 1.54) is 19.1 Å². The fourth-order valence-corrected chi connectivity index (χ4v) is 3.24. The Kier molecular flexibility index (Phi) is 7.82. The van der Waals surface area contributed by atoms with Gasteiger partial charge in [-0.3, -0.25) is 4.79 Å². The summed E-state index contributed by atoms with van der Waals surface area (Å²) in [5, 5.41) is 12.5. The first-order chi connectivity index (χ1) is 15.7. The summed E-state index contributed by atoms with van der Waals surface area (Å²) in [5.74, 6) is -1.37. The highest BCUT2D eigenvalue weighted by molar-refractivity contribution is 6.05. The number of aryl methyl sites for hydroxylation is 2. The zero-order valence-electron chi connectivity index (χ0n) is 19.7. The Morgan fingerprint density at radius 3 is 2.32 bits per heavy atom. The van der Waals surface area contributed by atoms with E-state index in [2.05, 4.69) is 15.3 Å². The van der Waals surface area contributed by atoms with Crippen molar-refractivity contribution in [2.24, 2.45) is 5.41 Å². The maximum atomic E-state index is 13.3. The molecule has 1 aromatic carbocycles. The summed E-state index contributed by atoms with van der Waals surface area (Å²) in [6.45, 7) is 9.82. The lowest BCUT2D eigenvalue weighted by Crippen LogP contribution is -2.33. The van der Waals surface area contributed by atoms with E-state index >= 15 is 0 Å². The van der Waals surface area contributed by atoms with Crippen molar-refractivity contribution >= 4 is 17.4 Å². The van der Waals surface area contributed by atoms with Gasteiger partial charge in [0.1, 0.15) is 23.2 Å². The van der Waals surface area contributed by atoms with Gasteiger partial charge in [0.15, 0.2) is 0 Å². The summed E-state index contributed by atoms with van der Waals surface area (Å²) < 4.78 is 44.7. The van der Waals surface area contributed by atoms with E-state index in [1.807, 2.05) is 6.07 Å². The van der Waals surface area contributed by atoms with E-state index in [4.69, 9.17) is 4.74 Å². The number of aromatic nitrogens is 2. The van der Waals surface area contributed by atoms with Gasteiger partial charge in [-0.05, 0) is 38.5 Å². The molecule has 34 heavy (non-hydrogen) atoms. The summed E-state index contributed by atoms with van der Waals surface area (Å²) in [4.78, 5) is 34.0. The fourth-order valence-electron chi connectivity index (χ4n) is 3.24. The van der Waals surface area contributed by atoms with Crippen LogP contribution in [0.4, 0.5) is 13.2 Å². The minimum atomic E-state index is -4.60. The summed E-state index contributed by atoms with van der Waals surface area (Å²) in [6, 6.07) is 6.20. The summed E-state index contributed by atoms with van der Waals surface area (Å²) >= 11 is 0. The van der Waals surface area contributed by atoms with E-state index in [0.717, 1.165) is 12.1 Å². The molecule has 2 rings (SSSR count). The second-order valence-corrected chi connectivity index (χ2v) is 8.44. The summed E-state index contributed by atoms with van der Waals surface area (Å²) in [5.41, 5.74) is -2.03. The highest BCUT2D eigenvalue weighted by Crippen LogP contribution is 2.34. The van der Waals surface area contributed by atoms with Crippen molar-refractivity contribution in [2.75, 3.05) is 6.61 Å². The molecular weight excluding hydrogens is 449 g/mol. The van der Waals surface area contributed by atoms with Gasteiger partial charge in [-0.2, -0.15) is 18.4 Å². The summed E-state index contributed by atoms with van der Waals surface area (Å²) in [7, 11) is 0. The molecule has 7 nitrogen and oxygen atoms in total. The third kappa shape index (κ3) is 5.98. The van der Waals surface area contributed by atoms with Crippen LogP contribution in [0.5, 0.6) is 0 Å². The second-order valence-electron chi connectivity index (χ2n) is 8.44. The molecule has 10 heteroatoms. The van der Waals surface area contributed by atoms with Crippen LogP contribution in [0.1, 0.15) is 71.2 Å². The third-order valence-corrected chi connectivity index (χ3v) is 4.73. The smallest absolute Gasteiger partial charge is 0.416 e. The van der Waals surface area contributed by atoms with Crippen LogP contribution in [0.2, 0.25) is 0 Å². The first-order valence-corrected chi connectivity index (χ1v) is 10.4. The number of ether oxygens (including phenoxy) is 1. The Bertz CT molecular complexity index is 1190. The average Bonchev–Trinajstić information content (AvgIpc) is 2.72. The first-order valence-electron chi connectivity index (χ1n) is 10.4. The molecule has 1 amide bonds. The van der Waals surface area contributed by atoms with Gasteiger partial charge in [-0.25, -0.2) is 14.8 Å². The molecule has 0 saturated carbocycles.